The number of unbranched alkanes of at least 4 members (excludes halogenated alkanes) is 26. The van der Waals surface area contributed by atoms with Crippen LogP contribution in [-0.2, 0) is 42.8 Å². The monoisotopic (exact) mass is 1180 g/mol. The first-order valence-electron chi connectivity index (χ1n) is 31.4. The van der Waals surface area contributed by atoms with Gasteiger partial charge >= 0.3 is 5.97 Å². The quantitative estimate of drug-likeness (QED) is 0.0388. The fraction of sp³-hybridized carbons (Fsp3) is 0.949. The minimum absolute atomic E-state index is 0.228. The molecular formula is C59H110N2O21. The summed E-state index contributed by atoms with van der Waals surface area (Å²) < 4.78 is 34.7. The standard InChI is InChI=1S/C59H110N2O21/c1-4-6-8-10-12-14-16-17-18-19-20-21-22-23-25-27-29-31-33-46(69)61-40(41(66)32-30-28-26-24-15-13-11-9-7-5-2)38-77-56-51(73)50(72)53(45(37-64)79-56)80-57-52(74)55(49(71)44(36-63)78-57)82-59(58(75)76)34-42(67)47(60-39(3)65)54(81-59)48(70)43(68)35-62/h40-45,47-57,62-64,66-68,70-74H,4-38H2,1-3H3,(H,60,65)(H,61,69)(H,75,76). The summed E-state index contributed by atoms with van der Waals surface area (Å²) in [6.07, 6.45) is 4.25. The second-order valence-electron chi connectivity index (χ2n) is 23.3. The lowest BCUT2D eigenvalue weighted by Gasteiger charge is -2.50. The van der Waals surface area contributed by atoms with E-state index in [0.717, 1.165) is 51.9 Å². The molecular weight excluding hydrogens is 1070 g/mol. The number of nitrogens with one attached hydrogen (secondary N) is 2. The molecule has 0 saturated carbocycles. The van der Waals surface area contributed by atoms with Crippen LogP contribution in [0.3, 0.4) is 0 Å². The molecule has 14 N–H and O–H groups in total. The van der Waals surface area contributed by atoms with E-state index < -0.39 is 148 Å². The SMILES string of the molecule is CCCCCCCCCCCCCCCCCCCCC(=O)NC(COC1OC(CO)C(OC2OC(CO)C(O)C(OC3(C(=O)O)CC(O)C(NC(C)=O)C(C(O)C(O)CO)O3)C2O)C(O)C1O)C(O)CCCCCCCCCCCC. The third-order valence-electron chi connectivity index (χ3n) is 16.3. The first-order chi connectivity index (χ1) is 39.4. The zero-order chi connectivity index (χ0) is 60.5. The summed E-state index contributed by atoms with van der Waals surface area (Å²) in [4.78, 5) is 38.4. The van der Waals surface area contributed by atoms with Gasteiger partial charge in [0.2, 0.25) is 11.8 Å². The van der Waals surface area contributed by atoms with Gasteiger partial charge in [0.1, 0.15) is 67.1 Å². The summed E-state index contributed by atoms with van der Waals surface area (Å²) in [5.74, 6) is -6.10. The zero-order valence-corrected chi connectivity index (χ0v) is 49.6. The number of carbonyl (C=O) groups is 3. The molecule has 0 aromatic carbocycles. The third-order valence-corrected chi connectivity index (χ3v) is 16.3. The molecule has 18 atom stereocenters. The molecule has 3 aliphatic rings. The molecule has 0 aliphatic carbocycles. The summed E-state index contributed by atoms with van der Waals surface area (Å²) in [5.41, 5.74) is 0. The molecule has 482 valence electrons. The Kier molecular flexibility index (Phi) is 37.7. The van der Waals surface area contributed by atoms with E-state index in [1.54, 1.807) is 0 Å². The van der Waals surface area contributed by atoms with E-state index in [4.69, 9.17) is 28.4 Å². The highest BCUT2D eigenvalue weighted by atomic mass is 16.8. The van der Waals surface area contributed by atoms with Gasteiger partial charge in [-0.15, -0.1) is 0 Å². The maximum Gasteiger partial charge on any atom is 0.364 e. The molecule has 3 aliphatic heterocycles. The van der Waals surface area contributed by atoms with Crippen LogP contribution in [0.1, 0.15) is 220 Å². The van der Waals surface area contributed by atoms with Gasteiger partial charge in [0.05, 0.1) is 50.7 Å². The average molecular weight is 1180 g/mol. The van der Waals surface area contributed by atoms with Gasteiger partial charge in [0.25, 0.3) is 5.79 Å². The van der Waals surface area contributed by atoms with Crippen LogP contribution in [-0.4, -0.2) is 215 Å². The predicted molar refractivity (Wildman–Crippen MR) is 302 cm³/mol. The van der Waals surface area contributed by atoms with Crippen molar-refractivity contribution < 1.29 is 104 Å². The number of hydrogen-bond donors (Lipinski definition) is 14. The first-order valence-corrected chi connectivity index (χ1v) is 31.4. The van der Waals surface area contributed by atoms with Gasteiger partial charge in [-0.25, -0.2) is 4.79 Å². The minimum Gasteiger partial charge on any atom is -0.477 e. The molecule has 0 spiro atoms. The molecule has 0 aromatic rings. The summed E-state index contributed by atoms with van der Waals surface area (Å²) in [5, 5.41) is 136. The molecule has 3 rings (SSSR count). The zero-order valence-electron chi connectivity index (χ0n) is 49.6. The Hall–Kier alpha value is -2.27. The van der Waals surface area contributed by atoms with Crippen LogP contribution in [0.4, 0.5) is 0 Å². The van der Waals surface area contributed by atoms with Crippen LogP contribution in [0.2, 0.25) is 0 Å². The molecule has 3 fully saturated rings. The topological polar surface area (TPSA) is 373 Å². The summed E-state index contributed by atoms with van der Waals surface area (Å²) in [6, 6.07) is -2.52. The van der Waals surface area contributed by atoms with Crippen molar-refractivity contribution in [3.05, 3.63) is 0 Å². The molecule has 0 radical (unpaired) electrons. The smallest absolute Gasteiger partial charge is 0.364 e. The molecule has 23 nitrogen and oxygen atoms in total. The van der Waals surface area contributed by atoms with Crippen molar-refractivity contribution in [3.8, 4) is 0 Å². The Bertz CT molecular complexity index is 1690. The molecule has 18 unspecified atom stereocenters. The number of amides is 2. The Morgan fingerprint density at radius 3 is 1.52 bits per heavy atom. The lowest BCUT2D eigenvalue weighted by molar-refractivity contribution is -0.386. The van der Waals surface area contributed by atoms with E-state index in [2.05, 4.69) is 24.5 Å². The number of aliphatic carboxylic acids is 1. The summed E-state index contributed by atoms with van der Waals surface area (Å²) >= 11 is 0. The minimum atomic E-state index is -3.07. The molecule has 23 heteroatoms. The van der Waals surface area contributed by atoms with Crippen LogP contribution in [0, 0.1) is 0 Å². The number of carbonyl (C=O) groups excluding carboxylic acids is 2. The Morgan fingerprint density at radius 1 is 0.585 bits per heavy atom. The maximum atomic E-state index is 13.4. The van der Waals surface area contributed by atoms with E-state index in [1.807, 2.05) is 0 Å². The highest BCUT2D eigenvalue weighted by Gasteiger charge is 2.60. The molecule has 0 bridgehead atoms. The number of aliphatic hydroxyl groups excluding tert-OH is 11. The van der Waals surface area contributed by atoms with Crippen LogP contribution < -0.4 is 10.6 Å². The fourth-order valence-electron chi connectivity index (χ4n) is 11.2. The van der Waals surface area contributed by atoms with Gasteiger partial charge in [-0.1, -0.05) is 187 Å². The second kappa shape index (κ2) is 41.8. The molecule has 3 heterocycles. The van der Waals surface area contributed by atoms with E-state index >= 15 is 0 Å². The molecule has 2 amide bonds. The van der Waals surface area contributed by atoms with Gasteiger partial charge in [-0.2, -0.15) is 0 Å². The normalized spacial score (nSPS) is 30.1. The van der Waals surface area contributed by atoms with Gasteiger partial charge in [-0.3, -0.25) is 9.59 Å². The van der Waals surface area contributed by atoms with Gasteiger partial charge in [0.15, 0.2) is 12.6 Å². The number of hydrogen-bond acceptors (Lipinski definition) is 20. The van der Waals surface area contributed by atoms with E-state index in [9.17, 15) is 75.7 Å². The molecule has 82 heavy (non-hydrogen) atoms. The summed E-state index contributed by atoms with van der Waals surface area (Å²) in [6.45, 7) is 2.16. The molecule has 0 aromatic heterocycles. The van der Waals surface area contributed by atoms with Crippen molar-refractivity contribution in [2.45, 2.75) is 330 Å². The third kappa shape index (κ3) is 25.6. The van der Waals surface area contributed by atoms with E-state index in [0.29, 0.717) is 19.3 Å². The van der Waals surface area contributed by atoms with Crippen molar-refractivity contribution >= 4 is 17.8 Å². The van der Waals surface area contributed by atoms with Crippen LogP contribution in [0.25, 0.3) is 0 Å². The largest absolute Gasteiger partial charge is 0.477 e. The van der Waals surface area contributed by atoms with Crippen molar-refractivity contribution in [1.29, 1.82) is 0 Å². The number of carboxylic acid groups (broad SMARTS) is 1. The number of carboxylic acids is 1. The highest BCUT2D eigenvalue weighted by Crippen LogP contribution is 2.38. The van der Waals surface area contributed by atoms with E-state index in [1.165, 1.54) is 122 Å². The average Bonchev–Trinajstić information content (AvgIpc) is 3.22. The summed E-state index contributed by atoms with van der Waals surface area (Å²) in [7, 11) is 0. The van der Waals surface area contributed by atoms with Crippen molar-refractivity contribution in [2.24, 2.45) is 0 Å². The van der Waals surface area contributed by atoms with Gasteiger partial charge < -0.3 is 100 Å². The van der Waals surface area contributed by atoms with Crippen LogP contribution in [0.5, 0.6) is 0 Å². The Balaban J connectivity index is 1.62. The lowest BCUT2D eigenvalue weighted by Crippen LogP contribution is -2.70. The maximum absolute atomic E-state index is 13.4. The second-order valence-corrected chi connectivity index (χ2v) is 23.3. The lowest BCUT2D eigenvalue weighted by atomic mass is 9.88. The van der Waals surface area contributed by atoms with E-state index in [-0.39, 0.29) is 18.9 Å². The van der Waals surface area contributed by atoms with Gasteiger partial charge in [0, 0.05) is 19.8 Å². The van der Waals surface area contributed by atoms with Crippen molar-refractivity contribution in [2.75, 3.05) is 26.4 Å². The Morgan fingerprint density at radius 2 is 1.06 bits per heavy atom. The predicted octanol–water partition coefficient (Wildman–Crippen LogP) is 3.39. The first kappa shape index (κ1) is 74.0. The van der Waals surface area contributed by atoms with Crippen LogP contribution >= 0.6 is 0 Å². The van der Waals surface area contributed by atoms with Crippen molar-refractivity contribution in [3.63, 3.8) is 0 Å². The Labute approximate surface area is 487 Å². The fourth-order valence-corrected chi connectivity index (χ4v) is 11.2. The number of aliphatic hydroxyl groups is 11. The molecule has 3 saturated heterocycles. The number of ether oxygens (including phenoxy) is 6. The van der Waals surface area contributed by atoms with Gasteiger partial charge in [-0.05, 0) is 12.8 Å². The van der Waals surface area contributed by atoms with Crippen molar-refractivity contribution in [1.82, 2.24) is 10.6 Å². The highest BCUT2D eigenvalue weighted by molar-refractivity contribution is 5.77. The number of rotatable bonds is 46. The van der Waals surface area contributed by atoms with Crippen LogP contribution in [0.15, 0.2) is 0 Å².